The van der Waals surface area contributed by atoms with Crippen molar-refractivity contribution in [1.82, 2.24) is 35.8 Å². The van der Waals surface area contributed by atoms with Gasteiger partial charge in [0, 0.05) is 87.5 Å². The lowest BCUT2D eigenvalue weighted by molar-refractivity contribution is -0.197. The van der Waals surface area contributed by atoms with Crippen LogP contribution in [0.5, 0.6) is 0 Å². The number of aliphatic hydroxyl groups is 1. The molecule has 25 heteroatoms. The van der Waals surface area contributed by atoms with Crippen molar-refractivity contribution in [3.8, 4) is 11.1 Å². The molecule has 2 heterocycles. The maximum Gasteiger partial charge on any atom is 0.333 e. The fraction of sp³-hybridized carbons (Fsp3) is 0.481. The number of amides is 8. The Hall–Kier alpha value is -8.22. The summed E-state index contributed by atoms with van der Waals surface area (Å²) in [5, 5.41) is 30.6. The van der Waals surface area contributed by atoms with E-state index < -0.39 is 169 Å². The monoisotopic (exact) mass is 1110 g/mol. The maximum absolute atomic E-state index is 15.4. The Kier molecular flexibility index (Phi) is 23.2. The number of ketones is 2. The molecule has 4 rings (SSSR count). The third-order valence-electron chi connectivity index (χ3n) is 12.8. The molecule has 0 radical (unpaired) electrons. The molecule has 428 valence electrons. The zero-order valence-electron chi connectivity index (χ0n) is 44.8. The van der Waals surface area contributed by atoms with Gasteiger partial charge in [0.25, 0.3) is 11.8 Å². The fourth-order valence-electron chi connectivity index (χ4n) is 8.79. The minimum absolute atomic E-state index is 0.108. The van der Waals surface area contributed by atoms with Crippen LogP contribution in [0.1, 0.15) is 123 Å². The highest BCUT2D eigenvalue weighted by Crippen LogP contribution is 2.41. The van der Waals surface area contributed by atoms with E-state index in [9.17, 15) is 72.1 Å². The number of aliphatic carboxylic acids is 1. The number of carboxylic acids is 1. The van der Waals surface area contributed by atoms with E-state index in [1.165, 1.54) is 25.7 Å². The maximum atomic E-state index is 15.4. The molecule has 0 saturated carbocycles. The topological polar surface area (TPSA) is 340 Å². The summed E-state index contributed by atoms with van der Waals surface area (Å²) in [6.45, 7) is 7.72. The van der Waals surface area contributed by atoms with E-state index >= 15 is 4.39 Å². The number of halogens is 2. The molecule has 1 fully saturated rings. The first-order valence-corrected chi connectivity index (χ1v) is 25.5. The molecule has 6 atom stereocenters. The van der Waals surface area contributed by atoms with E-state index in [0.29, 0.717) is 10.8 Å². The number of aromatic nitrogens is 1. The Labute approximate surface area is 454 Å². The molecule has 1 aliphatic rings. The lowest BCUT2D eigenvalue weighted by atomic mass is 9.82. The van der Waals surface area contributed by atoms with E-state index in [4.69, 9.17) is 10.6 Å². The predicted octanol–water partition coefficient (Wildman–Crippen LogP) is 2.44. The van der Waals surface area contributed by atoms with E-state index in [2.05, 4.69) is 21.3 Å². The normalized spacial score (nSPS) is 14.7. The Bertz CT molecular complexity index is 2760. The fourth-order valence-corrected chi connectivity index (χ4v) is 8.79. The molecule has 23 nitrogen and oxygen atoms in total. The summed E-state index contributed by atoms with van der Waals surface area (Å²) in [7, 11) is 0. The van der Waals surface area contributed by atoms with Gasteiger partial charge in [-0.1, -0.05) is 58.0 Å². The number of carboxylic acid groups (broad SMARTS) is 1. The number of hydroxylamine groups is 2. The van der Waals surface area contributed by atoms with Crippen LogP contribution < -0.4 is 27.0 Å². The second-order valence-electron chi connectivity index (χ2n) is 20.4. The number of aliphatic hydroxyl groups excluding tert-OH is 1. The molecule has 0 bridgehead atoms. The van der Waals surface area contributed by atoms with Gasteiger partial charge in [-0.15, -0.1) is 5.06 Å². The molecule has 2 aromatic carbocycles. The third kappa shape index (κ3) is 19.0. The van der Waals surface area contributed by atoms with Gasteiger partial charge >= 0.3 is 11.9 Å². The first-order valence-electron chi connectivity index (χ1n) is 25.5. The second-order valence-corrected chi connectivity index (χ2v) is 20.4. The zero-order chi connectivity index (χ0) is 58.9. The van der Waals surface area contributed by atoms with Gasteiger partial charge in [0.05, 0.1) is 18.5 Å². The van der Waals surface area contributed by atoms with Crippen molar-refractivity contribution in [1.29, 1.82) is 0 Å². The van der Waals surface area contributed by atoms with Crippen LogP contribution in [0.4, 0.5) is 8.78 Å². The largest absolute Gasteiger partial charge is 0.480 e. The minimum atomic E-state index is -1.84. The van der Waals surface area contributed by atoms with Gasteiger partial charge in [0.2, 0.25) is 35.4 Å². The molecule has 0 unspecified atom stereocenters. The van der Waals surface area contributed by atoms with Crippen LogP contribution in [0.3, 0.4) is 0 Å². The number of primary amides is 1. The summed E-state index contributed by atoms with van der Waals surface area (Å²) < 4.78 is 31.8. The Morgan fingerprint density at radius 3 is 2.00 bits per heavy atom. The number of nitrogens with zero attached hydrogens (tertiary/aromatic N) is 3. The van der Waals surface area contributed by atoms with Gasteiger partial charge in [-0.3, -0.25) is 47.9 Å². The lowest BCUT2D eigenvalue weighted by Crippen LogP contribution is -2.57. The molecule has 1 aliphatic heterocycles. The summed E-state index contributed by atoms with van der Waals surface area (Å²) in [4.78, 5) is 160. The van der Waals surface area contributed by atoms with Crippen molar-refractivity contribution in [3.05, 3.63) is 83.7 Å². The first-order chi connectivity index (χ1) is 37.1. The second kappa shape index (κ2) is 29.0. The van der Waals surface area contributed by atoms with Crippen LogP contribution in [-0.2, 0) is 68.9 Å². The van der Waals surface area contributed by atoms with E-state index in [-0.39, 0.29) is 49.8 Å². The SMILES string of the molecule is CC(=O)N[C@@H](C)C(=O)C[C@H](C)C(=O)N[C@@H](CC(N)=O)C(=O)N[C@@H](CCN(C(=O)CO)[C@@H](c1cc(-c2cc(F)ccc2F)cn1Cc1ccccc1)C(C)(C)C)C(=O)N[C@H](CCC(=O)CCCC(=O)ON1C(=O)CCC1=O)C(=O)O. The molecule has 3 aromatic rings. The minimum Gasteiger partial charge on any atom is -0.480 e. The highest BCUT2D eigenvalue weighted by Gasteiger charge is 2.39. The summed E-state index contributed by atoms with van der Waals surface area (Å²) in [5.74, 6) is -13.6. The molecule has 8 N–H and O–H groups in total. The van der Waals surface area contributed by atoms with Crippen LogP contribution in [-0.4, -0.2) is 133 Å². The van der Waals surface area contributed by atoms with Gasteiger partial charge in [-0.25, -0.2) is 18.4 Å². The average molecular weight is 1110 g/mol. The van der Waals surface area contributed by atoms with Crippen LogP contribution in [0.2, 0.25) is 0 Å². The van der Waals surface area contributed by atoms with E-state index in [0.717, 1.165) is 23.8 Å². The zero-order valence-corrected chi connectivity index (χ0v) is 44.8. The number of nitrogens with one attached hydrogen (secondary N) is 4. The van der Waals surface area contributed by atoms with Crippen molar-refractivity contribution < 1.29 is 81.4 Å². The van der Waals surface area contributed by atoms with Crippen molar-refractivity contribution in [2.75, 3.05) is 13.2 Å². The van der Waals surface area contributed by atoms with E-state index in [1.807, 2.05) is 12.1 Å². The summed E-state index contributed by atoms with van der Waals surface area (Å²) in [5.41, 5.74) is 5.74. The molecule has 1 aromatic heterocycles. The molecular formula is C54H68F2N8O15. The van der Waals surface area contributed by atoms with Crippen LogP contribution >= 0.6 is 0 Å². The predicted molar refractivity (Wildman–Crippen MR) is 276 cm³/mol. The van der Waals surface area contributed by atoms with Gasteiger partial charge < -0.3 is 51.5 Å². The lowest BCUT2D eigenvalue weighted by Gasteiger charge is -2.41. The van der Waals surface area contributed by atoms with Crippen LogP contribution in [0, 0.1) is 23.0 Å². The van der Waals surface area contributed by atoms with Gasteiger partial charge in [-0.2, -0.15) is 0 Å². The van der Waals surface area contributed by atoms with Crippen LogP contribution in [0.25, 0.3) is 11.1 Å². The van der Waals surface area contributed by atoms with Gasteiger partial charge in [-0.05, 0) is 61.4 Å². The van der Waals surface area contributed by atoms with E-state index in [1.54, 1.807) is 55.8 Å². The van der Waals surface area contributed by atoms with Gasteiger partial charge in [0.1, 0.15) is 42.2 Å². The van der Waals surface area contributed by atoms with Crippen molar-refractivity contribution in [2.45, 2.75) is 143 Å². The average Bonchev–Trinajstić information content (AvgIpc) is 3.97. The van der Waals surface area contributed by atoms with Crippen molar-refractivity contribution >= 4 is 70.8 Å². The number of hydrogen-bond donors (Lipinski definition) is 7. The smallest absolute Gasteiger partial charge is 0.333 e. The third-order valence-corrected chi connectivity index (χ3v) is 12.8. The highest BCUT2D eigenvalue weighted by molar-refractivity contribution is 6.01. The number of Topliss-reactive ketones (excluding diaryl/α,β-unsaturated/α-hetero) is 2. The Morgan fingerprint density at radius 2 is 1.41 bits per heavy atom. The molecule has 0 aliphatic carbocycles. The quantitative estimate of drug-likeness (QED) is 0.0472. The number of carbonyl (C=O) groups is 12. The van der Waals surface area contributed by atoms with Crippen LogP contribution in [0.15, 0.2) is 60.8 Å². The molecule has 1 saturated heterocycles. The Balaban J connectivity index is 1.69. The summed E-state index contributed by atoms with van der Waals surface area (Å²) >= 11 is 0. The summed E-state index contributed by atoms with van der Waals surface area (Å²) in [6.07, 6.45) is -2.29. The number of benzene rings is 2. The molecule has 79 heavy (non-hydrogen) atoms. The number of rotatable bonds is 30. The molecular weight excluding hydrogens is 1040 g/mol. The number of carbonyl (C=O) groups excluding carboxylic acids is 11. The standard InChI is InChI=1S/C54H68F2N8O15/c1-30(23-43(68)31(2)58-32(3)66)50(74)61-41(26-44(57)69)52(76)59-39(51(75)60-40(53(77)78)18-16-36(67)13-10-14-48(73)79-64-45(70)19-20-46(64)71)21-22-63(47(72)29-65)49(54(4,5)6)42-24-34(37-25-35(55)15-17-38(37)56)28-62(42)27-33-11-8-7-9-12-33/h7-9,11-12,15,17,24-25,28,30-31,39-41,49,65H,10,13-14,16,18-23,26-27,29H2,1-6H3,(H2,57,69)(H,58,66)(H,59,76)(H,60,75)(H,61,74)(H,77,78)/t30-,31-,39-,40+,41-,49-/m0/s1. The molecule has 0 spiro atoms. The number of hydrogen-bond acceptors (Lipinski definition) is 14. The number of imide groups is 1. The van der Waals surface area contributed by atoms with Gasteiger partial charge in [0.15, 0.2) is 5.78 Å². The Morgan fingerprint density at radius 1 is 0.785 bits per heavy atom. The number of nitrogens with two attached hydrogens (primary N) is 1. The first kappa shape index (κ1) is 63.3. The summed E-state index contributed by atoms with van der Waals surface area (Å²) in [6, 6.07) is 5.95. The highest BCUT2D eigenvalue weighted by atomic mass is 19.1. The van der Waals surface area contributed by atoms with Crippen molar-refractivity contribution in [3.63, 3.8) is 0 Å². The van der Waals surface area contributed by atoms with Crippen molar-refractivity contribution in [2.24, 2.45) is 17.1 Å². The molecule has 8 amide bonds.